The van der Waals surface area contributed by atoms with Crippen LogP contribution in [0.4, 0.5) is 0 Å². The molecule has 0 aliphatic heterocycles. The summed E-state index contributed by atoms with van der Waals surface area (Å²) in [6.07, 6.45) is 7.88. The maximum absolute atomic E-state index is 9.68. The third-order valence-electron chi connectivity index (χ3n) is 2.28. The molecular weight excluding hydrogens is 124 g/mol. The van der Waals surface area contributed by atoms with Crippen LogP contribution in [0.1, 0.15) is 38.5 Å². The molecule has 1 saturated carbocycles. The van der Waals surface area contributed by atoms with Gasteiger partial charge >= 0.3 is 0 Å². The van der Waals surface area contributed by atoms with E-state index < -0.39 is 5.60 Å². The molecule has 0 radical (unpaired) electrons. The fraction of sp³-hybridized carbons (Fsp3) is 0.778. The standard InChI is InChI=1S/C9H15O/c1-2-9(10)7-5-3-4-6-8-9/h1-2,10H,3-8H2/q+1. The second-order valence-corrected chi connectivity index (χ2v) is 3.18. The summed E-state index contributed by atoms with van der Waals surface area (Å²) in [7, 11) is 0. The second kappa shape index (κ2) is 3.14. The summed E-state index contributed by atoms with van der Waals surface area (Å²) in [6, 6.07) is 0. The van der Waals surface area contributed by atoms with Gasteiger partial charge in [0.15, 0.2) is 6.08 Å². The molecule has 0 aromatic rings. The highest BCUT2D eigenvalue weighted by molar-refractivity contribution is 4.94. The van der Waals surface area contributed by atoms with Crippen LogP contribution in [0.15, 0.2) is 6.08 Å². The molecule has 1 fully saturated rings. The van der Waals surface area contributed by atoms with E-state index in [0.29, 0.717) is 0 Å². The fourth-order valence-corrected chi connectivity index (χ4v) is 1.51. The Bertz CT molecular complexity index is 110. The normalized spacial score (nSPS) is 25.2. The maximum atomic E-state index is 9.68. The summed E-state index contributed by atoms with van der Waals surface area (Å²) < 4.78 is 0. The van der Waals surface area contributed by atoms with E-state index in [2.05, 4.69) is 0 Å². The lowest BCUT2D eigenvalue weighted by Crippen LogP contribution is -2.23. The van der Waals surface area contributed by atoms with Crippen molar-refractivity contribution >= 4 is 0 Å². The summed E-state index contributed by atoms with van der Waals surface area (Å²) in [5.74, 6) is 0. The molecule has 0 heterocycles. The van der Waals surface area contributed by atoms with Gasteiger partial charge in [-0.3, -0.25) is 0 Å². The van der Waals surface area contributed by atoms with Crippen molar-refractivity contribution in [1.29, 1.82) is 0 Å². The highest BCUT2D eigenvalue weighted by Crippen LogP contribution is 2.27. The third kappa shape index (κ3) is 1.80. The Kier molecular flexibility index (Phi) is 2.42. The number of rotatable bonds is 1. The van der Waals surface area contributed by atoms with Gasteiger partial charge in [-0.2, -0.15) is 0 Å². The van der Waals surface area contributed by atoms with Crippen LogP contribution < -0.4 is 0 Å². The fourth-order valence-electron chi connectivity index (χ4n) is 1.51. The van der Waals surface area contributed by atoms with Gasteiger partial charge in [0.1, 0.15) is 5.60 Å². The minimum absolute atomic E-state index is 0.642. The molecular formula is C9H15O+. The molecule has 1 nitrogen and oxygen atoms in total. The van der Waals surface area contributed by atoms with Crippen molar-refractivity contribution in [3.63, 3.8) is 0 Å². The Labute approximate surface area is 62.8 Å². The summed E-state index contributed by atoms with van der Waals surface area (Å²) in [5, 5.41) is 9.68. The molecule has 0 saturated heterocycles. The SMILES string of the molecule is [CH+]=CC1(O)CCCCCC1. The second-order valence-electron chi connectivity index (χ2n) is 3.18. The Balaban J connectivity index is 2.48. The van der Waals surface area contributed by atoms with Crippen LogP contribution in [0.25, 0.3) is 0 Å². The summed E-state index contributed by atoms with van der Waals surface area (Å²) >= 11 is 0. The van der Waals surface area contributed by atoms with Crippen molar-refractivity contribution in [3.8, 4) is 0 Å². The predicted octanol–water partition coefficient (Wildman–Crippen LogP) is 2.06. The van der Waals surface area contributed by atoms with Crippen LogP contribution in [0.3, 0.4) is 0 Å². The first-order chi connectivity index (χ1) is 4.77. The first kappa shape index (κ1) is 7.71. The van der Waals surface area contributed by atoms with E-state index in [4.69, 9.17) is 6.58 Å². The van der Waals surface area contributed by atoms with E-state index >= 15 is 0 Å². The smallest absolute Gasteiger partial charge is 0.204 e. The van der Waals surface area contributed by atoms with Gasteiger partial charge in [-0.15, -0.1) is 0 Å². The lowest BCUT2D eigenvalue weighted by Gasteiger charge is -2.16. The summed E-state index contributed by atoms with van der Waals surface area (Å²) in [4.78, 5) is 0. The van der Waals surface area contributed by atoms with Crippen molar-refractivity contribution in [2.24, 2.45) is 0 Å². The highest BCUT2D eigenvalue weighted by Gasteiger charge is 2.27. The largest absolute Gasteiger partial charge is 0.381 e. The average molecular weight is 139 g/mol. The molecule has 0 bridgehead atoms. The molecule has 0 spiro atoms. The van der Waals surface area contributed by atoms with Crippen LogP contribution in [-0.4, -0.2) is 10.7 Å². The minimum Gasteiger partial charge on any atom is -0.381 e. The van der Waals surface area contributed by atoms with Crippen LogP contribution in [0.5, 0.6) is 0 Å². The van der Waals surface area contributed by atoms with Gasteiger partial charge in [0.05, 0.1) is 0 Å². The van der Waals surface area contributed by atoms with Gasteiger partial charge in [-0.05, 0) is 12.8 Å². The number of hydrogen-bond donors (Lipinski definition) is 1. The first-order valence-electron chi connectivity index (χ1n) is 4.05. The molecule has 0 unspecified atom stereocenters. The van der Waals surface area contributed by atoms with Crippen molar-refractivity contribution < 1.29 is 5.11 Å². The van der Waals surface area contributed by atoms with Crippen LogP contribution >= 0.6 is 0 Å². The van der Waals surface area contributed by atoms with E-state index in [1.807, 2.05) is 0 Å². The van der Waals surface area contributed by atoms with Gasteiger partial charge in [0.25, 0.3) is 0 Å². The van der Waals surface area contributed by atoms with E-state index in [1.165, 1.54) is 18.9 Å². The molecule has 10 heavy (non-hydrogen) atoms. The van der Waals surface area contributed by atoms with Crippen molar-refractivity contribution in [1.82, 2.24) is 0 Å². The topological polar surface area (TPSA) is 20.2 Å². The molecule has 0 aromatic heterocycles. The van der Waals surface area contributed by atoms with Crippen LogP contribution in [-0.2, 0) is 0 Å². The predicted molar refractivity (Wildman–Crippen MR) is 41.5 cm³/mol. The zero-order valence-corrected chi connectivity index (χ0v) is 6.34. The molecule has 1 aliphatic rings. The monoisotopic (exact) mass is 139 g/mol. The van der Waals surface area contributed by atoms with Crippen molar-refractivity contribution in [2.45, 2.75) is 44.1 Å². The molecule has 0 amide bonds. The van der Waals surface area contributed by atoms with E-state index in [-0.39, 0.29) is 0 Å². The van der Waals surface area contributed by atoms with E-state index in [1.54, 1.807) is 0 Å². The number of aliphatic hydroxyl groups is 1. The van der Waals surface area contributed by atoms with Gasteiger partial charge in [0.2, 0.25) is 6.58 Å². The zero-order valence-electron chi connectivity index (χ0n) is 6.34. The highest BCUT2D eigenvalue weighted by atomic mass is 16.3. The molecule has 56 valence electrons. The number of hydrogen-bond acceptors (Lipinski definition) is 1. The van der Waals surface area contributed by atoms with Gasteiger partial charge < -0.3 is 5.11 Å². The molecule has 1 heteroatoms. The van der Waals surface area contributed by atoms with Gasteiger partial charge in [-0.25, -0.2) is 0 Å². The Morgan fingerprint density at radius 1 is 1.10 bits per heavy atom. The first-order valence-corrected chi connectivity index (χ1v) is 4.05. The van der Waals surface area contributed by atoms with Crippen molar-refractivity contribution in [2.75, 3.05) is 0 Å². The summed E-state index contributed by atoms with van der Waals surface area (Å²) in [5.41, 5.74) is -0.642. The quantitative estimate of drug-likeness (QED) is 0.435. The third-order valence-corrected chi connectivity index (χ3v) is 2.28. The maximum Gasteiger partial charge on any atom is 0.204 e. The lowest BCUT2D eigenvalue weighted by atomic mass is 9.95. The van der Waals surface area contributed by atoms with E-state index in [0.717, 1.165) is 25.7 Å². The van der Waals surface area contributed by atoms with E-state index in [9.17, 15) is 5.11 Å². The van der Waals surface area contributed by atoms with Crippen LogP contribution in [0, 0.1) is 6.58 Å². The lowest BCUT2D eigenvalue weighted by molar-refractivity contribution is 0.0748. The van der Waals surface area contributed by atoms with Gasteiger partial charge in [-0.1, -0.05) is 25.7 Å². The minimum atomic E-state index is -0.642. The van der Waals surface area contributed by atoms with Gasteiger partial charge in [0, 0.05) is 0 Å². The molecule has 1 N–H and O–H groups in total. The Morgan fingerprint density at radius 2 is 1.60 bits per heavy atom. The Morgan fingerprint density at radius 3 is 2.00 bits per heavy atom. The van der Waals surface area contributed by atoms with Crippen molar-refractivity contribution in [3.05, 3.63) is 12.7 Å². The molecule has 0 atom stereocenters. The van der Waals surface area contributed by atoms with Crippen LogP contribution in [0.2, 0.25) is 0 Å². The average Bonchev–Trinajstić information content (AvgIpc) is 2.15. The molecule has 1 aliphatic carbocycles. The Hall–Kier alpha value is -0.390. The summed E-state index contributed by atoms with van der Waals surface area (Å²) in [6.45, 7) is 5.33. The molecule has 0 aromatic carbocycles. The zero-order chi connectivity index (χ0) is 7.45. The molecule has 1 rings (SSSR count).